The lowest BCUT2D eigenvalue weighted by atomic mass is 9.84. The fourth-order valence-corrected chi connectivity index (χ4v) is 5.88. The molecule has 2 saturated carbocycles. The van der Waals surface area contributed by atoms with Gasteiger partial charge in [0.2, 0.25) is 0 Å². The van der Waals surface area contributed by atoms with Gasteiger partial charge in [0.25, 0.3) is 0 Å². The third-order valence-electron chi connectivity index (χ3n) is 7.00. The van der Waals surface area contributed by atoms with Crippen molar-refractivity contribution in [2.75, 3.05) is 24.7 Å². The predicted octanol–water partition coefficient (Wildman–Crippen LogP) is 5.49. The third kappa shape index (κ3) is 12.5. The van der Waals surface area contributed by atoms with Gasteiger partial charge < -0.3 is 9.47 Å². The quantitative estimate of drug-likeness (QED) is 0.0977. The Labute approximate surface area is 242 Å². The summed E-state index contributed by atoms with van der Waals surface area (Å²) in [7, 11) is -8.35. The summed E-state index contributed by atoms with van der Waals surface area (Å²) in [5.74, 6) is -2.97. The highest BCUT2D eigenvalue weighted by atomic mass is 32.2. The number of nitrogens with zero attached hydrogens (tertiary/aromatic N) is 2. The Kier molecular flexibility index (Phi) is 13.8. The van der Waals surface area contributed by atoms with E-state index in [1.54, 1.807) is 6.92 Å². The Morgan fingerprint density at radius 1 is 0.667 bits per heavy atom. The molecular weight excluding hydrogens is 622 g/mol. The van der Waals surface area contributed by atoms with Gasteiger partial charge in [-0.1, -0.05) is 17.2 Å². The number of oxime groups is 2. The molecule has 0 unspecified atom stereocenters. The average Bonchev–Trinajstić information content (AvgIpc) is 2.88. The molecule has 10 nitrogen and oxygen atoms in total. The second kappa shape index (κ2) is 15.9. The minimum atomic E-state index is -4.83. The number of alkyl halides is 6. The molecule has 0 heterocycles. The molecule has 2 aliphatic carbocycles. The van der Waals surface area contributed by atoms with Crippen LogP contribution in [0.25, 0.3) is 0 Å². The van der Waals surface area contributed by atoms with Crippen LogP contribution in [0.5, 0.6) is 0 Å². The molecule has 0 aromatic carbocycles. The minimum absolute atomic E-state index is 0.0943. The van der Waals surface area contributed by atoms with E-state index in [4.69, 9.17) is 9.47 Å². The summed E-state index contributed by atoms with van der Waals surface area (Å²) >= 11 is 0. The molecule has 0 bridgehead atoms. The van der Waals surface area contributed by atoms with Crippen molar-refractivity contribution in [3.63, 3.8) is 0 Å². The van der Waals surface area contributed by atoms with E-state index in [0.29, 0.717) is 32.1 Å². The molecule has 0 spiro atoms. The molecule has 0 atom stereocenters. The smallest absolute Gasteiger partial charge is 0.378 e. The summed E-state index contributed by atoms with van der Waals surface area (Å²) in [5.41, 5.74) is -2.51. The lowest BCUT2D eigenvalue weighted by molar-refractivity contribution is -0.0676. The molecule has 0 N–H and O–H groups in total. The highest BCUT2D eigenvalue weighted by Gasteiger charge is 2.44. The molecule has 0 amide bonds. The number of hydrogen-bond donors (Lipinski definition) is 0. The number of rotatable bonds is 15. The van der Waals surface area contributed by atoms with Gasteiger partial charge in [0.1, 0.15) is 0 Å². The van der Waals surface area contributed by atoms with Crippen molar-refractivity contribution in [2.45, 2.75) is 103 Å². The second-order valence-electron chi connectivity index (χ2n) is 10.2. The van der Waals surface area contributed by atoms with Crippen LogP contribution in [0.15, 0.2) is 10.3 Å². The summed E-state index contributed by atoms with van der Waals surface area (Å²) in [6, 6.07) is 0. The van der Waals surface area contributed by atoms with E-state index in [2.05, 4.69) is 18.9 Å². The molecule has 0 aliphatic heterocycles. The first-order chi connectivity index (χ1) is 19.5. The predicted molar refractivity (Wildman–Crippen MR) is 141 cm³/mol. The largest absolute Gasteiger partial charge is 0.433 e. The van der Waals surface area contributed by atoms with E-state index < -0.39 is 67.4 Å². The Morgan fingerprint density at radius 2 is 1.05 bits per heavy atom. The van der Waals surface area contributed by atoms with Gasteiger partial charge in [-0.3, -0.25) is 8.57 Å². The highest BCUT2D eigenvalue weighted by molar-refractivity contribution is 7.86. The maximum atomic E-state index is 13.5. The highest BCUT2D eigenvalue weighted by Crippen LogP contribution is 2.35. The number of halogens is 6. The number of hydrogen-bond acceptors (Lipinski definition) is 10. The van der Waals surface area contributed by atoms with E-state index in [-0.39, 0.29) is 57.5 Å². The molecule has 0 saturated heterocycles. The second-order valence-corrected chi connectivity index (χ2v) is 13.8. The fraction of sp³-hybridized carbons (Fsp3) is 0.917. The van der Waals surface area contributed by atoms with Crippen molar-refractivity contribution in [3.8, 4) is 0 Å². The first kappa shape index (κ1) is 36.5. The van der Waals surface area contributed by atoms with Gasteiger partial charge in [0, 0.05) is 25.0 Å². The van der Waals surface area contributed by atoms with Crippen LogP contribution in [0.4, 0.5) is 26.3 Å². The average molecular weight is 661 g/mol. The van der Waals surface area contributed by atoms with E-state index in [1.807, 2.05) is 0 Å². The van der Waals surface area contributed by atoms with Crippen molar-refractivity contribution in [1.82, 2.24) is 0 Å². The van der Waals surface area contributed by atoms with Crippen LogP contribution in [0.1, 0.15) is 78.1 Å². The van der Waals surface area contributed by atoms with Gasteiger partial charge in [-0.2, -0.15) is 43.2 Å². The molecule has 246 valence electrons. The monoisotopic (exact) mass is 660 g/mol. The molecule has 2 aliphatic rings. The Balaban J connectivity index is 1.72. The molecule has 0 radical (unpaired) electrons. The van der Waals surface area contributed by atoms with E-state index in [1.165, 1.54) is 6.92 Å². The van der Waals surface area contributed by atoms with Gasteiger partial charge in [0.15, 0.2) is 11.4 Å². The van der Waals surface area contributed by atoms with Crippen molar-refractivity contribution in [1.29, 1.82) is 0 Å². The molecule has 18 heteroatoms. The van der Waals surface area contributed by atoms with Crippen LogP contribution < -0.4 is 0 Å². The summed E-state index contributed by atoms with van der Waals surface area (Å²) in [4.78, 5) is 0. The lowest BCUT2D eigenvalue weighted by Gasteiger charge is -2.30. The molecule has 0 aromatic heterocycles. The third-order valence-corrected chi connectivity index (χ3v) is 9.22. The molecular formula is C24H38F6N2O8S2. The first-order valence-corrected chi connectivity index (χ1v) is 17.0. The van der Waals surface area contributed by atoms with Crippen LogP contribution in [0.2, 0.25) is 0 Å². The van der Waals surface area contributed by atoms with Crippen molar-refractivity contribution in [3.05, 3.63) is 0 Å². The van der Waals surface area contributed by atoms with Crippen LogP contribution in [-0.2, 0) is 38.3 Å². The SMILES string of the molecule is CCCS(=O)(=O)O/N=C(/C1CCC(OCCCOC2CCC(/C(=N/OS(=O)(=O)CC)C(F)(F)F)CC2)CC1)C(F)(F)F. The van der Waals surface area contributed by atoms with E-state index >= 15 is 0 Å². The van der Waals surface area contributed by atoms with Gasteiger partial charge in [0.05, 0.1) is 23.7 Å². The first-order valence-electron chi connectivity index (χ1n) is 13.8. The van der Waals surface area contributed by atoms with Crippen LogP contribution in [0.3, 0.4) is 0 Å². The lowest BCUT2D eigenvalue weighted by Crippen LogP contribution is -2.35. The summed E-state index contributed by atoms with van der Waals surface area (Å²) in [5, 5.41) is 5.89. The Hall–Kier alpha value is -1.66. The van der Waals surface area contributed by atoms with Crippen LogP contribution in [0, 0.1) is 11.8 Å². The summed E-state index contributed by atoms with van der Waals surface area (Å²) < 4.78 is 147. The zero-order valence-corrected chi connectivity index (χ0v) is 25.1. The molecule has 0 aromatic rings. The van der Waals surface area contributed by atoms with Crippen LogP contribution >= 0.6 is 0 Å². The van der Waals surface area contributed by atoms with Gasteiger partial charge in [-0.15, -0.1) is 0 Å². The zero-order chi connectivity index (χ0) is 31.6. The van der Waals surface area contributed by atoms with Crippen molar-refractivity contribution in [2.24, 2.45) is 22.1 Å². The minimum Gasteiger partial charge on any atom is -0.378 e. The van der Waals surface area contributed by atoms with E-state index in [9.17, 15) is 43.2 Å². The van der Waals surface area contributed by atoms with Gasteiger partial charge >= 0.3 is 32.6 Å². The maximum absolute atomic E-state index is 13.5. The van der Waals surface area contributed by atoms with Crippen molar-refractivity contribution >= 4 is 31.7 Å². The summed E-state index contributed by atoms with van der Waals surface area (Å²) in [6.45, 7) is 3.32. The molecule has 2 fully saturated rings. The van der Waals surface area contributed by atoms with Crippen LogP contribution in [-0.4, -0.2) is 77.5 Å². The van der Waals surface area contributed by atoms with Gasteiger partial charge in [-0.05, 0) is 71.1 Å². The molecule has 42 heavy (non-hydrogen) atoms. The normalized spacial score (nSPS) is 25.3. The Bertz CT molecular complexity index is 1110. The summed E-state index contributed by atoms with van der Waals surface area (Å²) in [6.07, 6.45) is -7.93. The topological polar surface area (TPSA) is 130 Å². The number of ether oxygens (including phenoxy) is 2. The van der Waals surface area contributed by atoms with Crippen molar-refractivity contribution < 1.29 is 61.2 Å². The Morgan fingerprint density at radius 3 is 1.38 bits per heavy atom. The molecule has 2 rings (SSSR count). The zero-order valence-electron chi connectivity index (χ0n) is 23.5. The van der Waals surface area contributed by atoms with Gasteiger partial charge in [-0.25, -0.2) is 0 Å². The fourth-order valence-electron chi connectivity index (χ4n) is 4.81. The maximum Gasteiger partial charge on any atom is 0.433 e. The standard InChI is InChI=1S/C24H38F6N2O8S2/c1-3-16-42(35,36)40-32-22(24(28,29)30)18-8-12-20(13-9-18)38-15-5-14-37-19-10-6-17(7-11-19)21(23(25,26)27)31-39-41(33,34)4-2/h17-20H,3-16H2,1-2H3/b31-21-,32-22-. The van der Waals surface area contributed by atoms with E-state index in [0.717, 1.165) is 0 Å².